The molecule has 54 heavy (non-hydrogen) atoms. The second-order valence-electron chi connectivity index (χ2n) is 13.5. The summed E-state index contributed by atoms with van der Waals surface area (Å²) in [5.41, 5.74) is 12.1. The Bertz CT molecular complexity index is 2630. The number of hydrogen-bond donors (Lipinski definition) is 0. The van der Waals surface area contributed by atoms with Crippen molar-refractivity contribution in [1.82, 2.24) is 15.0 Å². The van der Waals surface area contributed by atoms with Crippen LogP contribution in [0.15, 0.2) is 200 Å². The van der Waals surface area contributed by atoms with Gasteiger partial charge in [0, 0.05) is 32.0 Å². The van der Waals surface area contributed by atoms with Crippen LogP contribution in [-0.4, -0.2) is 15.0 Å². The molecule has 9 aromatic rings. The zero-order valence-corrected chi connectivity index (χ0v) is 30.1. The molecule has 0 saturated carbocycles. The quantitative estimate of drug-likeness (QED) is 0.166. The van der Waals surface area contributed by atoms with E-state index in [2.05, 4.69) is 164 Å². The van der Waals surface area contributed by atoms with Crippen LogP contribution in [0, 0.1) is 0 Å². The summed E-state index contributed by atoms with van der Waals surface area (Å²) >= 11 is 1.89. The fourth-order valence-electron chi connectivity index (χ4n) is 8.06. The first kappa shape index (κ1) is 31.9. The standard InChI is InChI=1S/C50H33N3S/c1-7-19-34(20-8-1)45-43-41-32-31-38(49-52-47(36-23-11-3-12-24-36)51-48(53-49)37-25-13-4-14-26-37)33-42(41)50(39-27-15-5-16-28-39,40-29-17-6-18-30-40)44(43)46(54-45)35-21-9-2-10-22-35/h1-33H. The molecule has 0 atom stereocenters. The minimum atomic E-state index is -0.630. The van der Waals surface area contributed by atoms with Crippen molar-refractivity contribution in [2.75, 3.05) is 0 Å². The van der Waals surface area contributed by atoms with E-state index in [1.54, 1.807) is 0 Å². The highest BCUT2D eigenvalue weighted by molar-refractivity contribution is 7.19. The van der Waals surface area contributed by atoms with Crippen LogP contribution in [0.4, 0.5) is 0 Å². The number of nitrogens with zero attached hydrogens (tertiary/aromatic N) is 3. The van der Waals surface area contributed by atoms with Crippen LogP contribution in [0.1, 0.15) is 22.3 Å². The molecule has 2 heterocycles. The lowest BCUT2D eigenvalue weighted by molar-refractivity contribution is 0.773. The molecule has 1 aliphatic rings. The van der Waals surface area contributed by atoms with Crippen molar-refractivity contribution in [3.8, 4) is 66.2 Å². The monoisotopic (exact) mass is 707 g/mol. The van der Waals surface area contributed by atoms with E-state index in [-0.39, 0.29) is 0 Å². The maximum Gasteiger partial charge on any atom is 0.164 e. The molecule has 7 aromatic carbocycles. The molecule has 0 bridgehead atoms. The Morgan fingerprint density at radius 1 is 0.352 bits per heavy atom. The van der Waals surface area contributed by atoms with Gasteiger partial charge in [0.1, 0.15) is 0 Å². The normalized spacial score (nSPS) is 12.6. The Kier molecular flexibility index (Phi) is 7.89. The Balaban J connectivity index is 1.31. The number of hydrogen-bond acceptors (Lipinski definition) is 4. The Morgan fingerprint density at radius 2 is 0.741 bits per heavy atom. The molecule has 0 spiro atoms. The summed E-state index contributed by atoms with van der Waals surface area (Å²) < 4.78 is 0. The van der Waals surface area contributed by atoms with Crippen molar-refractivity contribution in [1.29, 1.82) is 0 Å². The SMILES string of the molecule is c1ccc(-c2nc(-c3ccccc3)nc(-c3ccc4c(c3)C(c3ccccc3)(c3ccccc3)c3c(-c5ccccc5)sc(-c5ccccc5)c3-4)n2)cc1. The largest absolute Gasteiger partial charge is 0.208 e. The lowest BCUT2D eigenvalue weighted by Gasteiger charge is -2.34. The van der Waals surface area contributed by atoms with Crippen molar-refractivity contribution in [2.24, 2.45) is 0 Å². The minimum Gasteiger partial charge on any atom is -0.208 e. The Hall–Kier alpha value is -6.75. The summed E-state index contributed by atoms with van der Waals surface area (Å²) in [6, 6.07) is 71.0. The zero-order chi connectivity index (χ0) is 35.9. The molecule has 0 aliphatic heterocycles. The first-order valence-electron chi connectivity index (χ1n) is 18.2. The highest BCUT2D eigenvalue weighted by atomic mass is 32.1. The van der Waals surface area contributed by atoms with Crippen LogP contribution in [0.3, 0.4) is 0 Å². The van der Waals surface area contributed by atoms with Crippen LogP contribution >= 0.6 is 11.3 Å². The van der Waals surface area contributed by atoms with Crippen molar-refractivity contribution in [3.05, 3.63) is 222 Å². The molecule has 0 fully saturated rings. The van der Waals surface area contributed by atoms with Crippen molar-refractivity contribution < 1.29 is 0 Å². The molecule has 0 saturated heterocycles. The molecule has 3 nitrogen and oxygen atoms in total. The molecule has 0 N–H and O–H groups in total. The average Bonchev–Trinajstić information content (AvgIpc) is 3.80. The van der Waals surface area contributed by atoms with E-state index in [4.69, 9.17) is 15.0 Å². The fraction of sp³-hybridized carbons (Fsp3) is 0.0200. The second-order valence-corrected chi connectivity index (χ2v) is 14.5. The molecule has 0 unspecified atom stereocenters. The third-order valence-corrected chi connectivity index (χ3v) is 11.7. The first-order valence-corrected chi connectivity index (χ1v) is 19.0. The van der Waals surface area contributed by atoms with Crippen molar-refractivity contribution in [2.45, 2.75) is 5.41 Å². The lowest BCUT2D eigenvalue weighted by atomic mass is 9.67. The van der Waals surface area contributed by atoms with Gasteiger partial charge >= 0.3 is 0 Å². The first-order chi connectivity index (χ1) is 26.8. The van der Waals surface area contributed by atoms with Crippen LogP contribution in [-0.2, 0) is 5.41 Å². The number of aromatic nitrogens is 3. The average molecular weight is 708 g/mol. The Labute approximate surface area is 319 Å². The van der Waals surface area contributed by atoms with Gasteiger partial charge < -0.3 is 0 Å². The van der Waals surface area contributed by atoms with Gasteiger partial charge in [0.25, 0.3) is 0 Å². The van der Waals surface area contributed by atoms with Gasteiger partial charge in [-0.3, -0.25) is 0 Å². The van der Waals surface area contributed by atoms with Gasteiger partial charge in [0.2, 0.25) is 0 Å². The van der Waals surface area contributed by atoms with Gasteiger partial charge in [-0.05, 0) is 45.0 Å². The second kappa shape index (κ2) is 13.3. The molecular formula is C50H33N3S. The van der Waals surface area contributed by atoms with Gasteiger partial charge in [-0.2, -0.15) is 0 Å². The van der Waals surface area contributed by atoms with Crippen LogP contribution in [0.2, 0.25) is 0 Å². The van der Waals surface area contributed by atoms with Gasteiger partial charge in [-0.25, -0.2) is 15.0 Å². The van der Waals surface area contributed by atoms with E-state index in [1.807, 2.05) is 47.7 Å². The lowest BCUT2D eigenvalue weighted by Crippen LogP contribution is -2.28. The summed E-state index contributed by atoms with van der Waals surface area (Å²) in [6.07, 6.45) is 0. The predicted molar refractivity (Wildman–Crippen MR) is 222 cm³/mol. The third kappa shape index (κ3) is 5.22. The highest BCUT2D eigenvalue weighted by Gasteiger charge is 2.50. The molecule has 4 heteroatoms. The van der Waals surface area contributed by atoms with Crippen LogP contribution in [0.25, 0.3) is 66.2 Å². The smallest absolute Gasteiger partial charge is 0.164 e. The van der Waals surface area contributed by atoms with E-state index in [0.717, 1.165) is 16.7 Å². The van der Waals surface area contributed by atoms with Crippen LogP contribution in [0.5, 0.6) is 0 Å². The minimum absolute atomic E-state index is 0.630. The topological polar surface area (TPSA) is 38.7 Å². The van der Waals surface area contributed by atoms with E-state index in [1.165, 1.54) is 54.3 Å². The number of fused-ring (bicyclic) bond motifs is 3. The summed E-state index contributed by atoms with van der Waals surface area (Å²) in [6.45, 7) is 0. The molecule has 2 aromatic heterocycles. The number of thiophene rings is 1. The van der Waals surface area contributed by atoms with Crippen molar-refractivity contribution in [3.63, 3.8) is 0 Å². The summed E-state index contributed by atoms with van der Waals surface area (Å²) in [5.74, 6) is 1.93. The van der Waals surface area contributed by atoms with E-state index in [9.17, 15) is 0 Å². The summed E-state index contributed by atoms with van der Waals surface area (Å²) in [7, 11) is 0. The Morgan fingerprint density at radius 3 is 1.20 bits per heavy atom. The molecule has 0 amide bonds. The van der Waals surface area contributed by atoms with Crippen molar-refractivity contribution >= 4 is 11.3 Å². The van der Waals surface area contributed by atoms with Gasteiger partial charge in [0.05, 0.1) is 5.41 Å². The summed E-state index contributed by atoms with van der Waals surface area (Å²) in [5, 5.41) is 0. The van der Waals surface area contributed by atoms with E-state index < -0.39 is 5.41 Å². The van der Waals surface area contributed by atoms with E-state index >= 15 is 0 Å². The molecule has 1 aliphatic carbocycles. The fourth-order valence-corrected chi connectivity index (χ4v) is 9.44. The number of rotatable bonds is 7. The molecule has 0 radical (unpaired) electrons. The van der Waals surface area contributed by atoms with Crippen LogP contribution < -0.4 is 0 Å². The molecule has 10 rings (SSSR count). The summed E-state index contributed by atoms with van der Waals surface area (Å²) in [4.78, 5) is 17.9. The maximum absolute atomic E-state index is 5.17. The third-order valence-electron chi connectivity index (χ3n) is 10.4. The molecular weight excluding hydrogens is 675 g/mol. The number of benzene rings is 7. The highest BCUT2D eigenvalue weighted by Crippen LogP contribution is 2.64. The van der Waals surface area contributed by atoms with Gasteiger partial charge in [0.15, 0.2) is 17.5 Å². The molecule has 254 valence electrons. The zero-order valence-electron chi connectivity index (χ0n) is 29.3. The maximum atomic E-state index is 5.17. The predicted octanol–water partition coefficient (Wildman–Crippen LogP) is 12.6. The van der Waals surface area contributed by atoms with Gasteiger partial charge in [-0.15, -0.1) is 11.3 Å². The van der Waals surface area contributed by atoms with E-state index in [0.29, 0.717) is 17.5 Å². The van der Waals surface area contributed by atoms with Gasteiger partial charge in [-0.1, -0.05) is 194 Å².